The summed E-state index contributed by atoms with van der Waals surface area (Å²) < 4.78 is 2.07. The molecule has 0 saturated heterocycles. The van der Waals surface area contributed by atoms with Crippen LogP contribution in [0.1, 0.15) is 25.6 Å². The average molecular weight is 178 g/mol. The number of amides is 1. The largest absolute Gasteiger partial charge is 0.366 e. The van der Waals surface area contributed by atoms with Gasteiger partial charge in [-0.2, -0.15) is 0 Å². The third-order valence-corrected chi connectivity index (χ3v) is 1.79. The van der Waals surface area contributed by atoms with E-state index in [0.717, 1.165) is 5.69 Å². The van der Waals surface area contributed by atoms with E-state index in [-0.39, 0.29) is 0 Å². The van der Waals surface area contributed by atoms with E-state index < -0.39 is 5.91 Å². The predicted octanol–water partition coefficient (Wildman–Crippen LogP) is 1.57. The number of rotatable bonds is 3. The molecule has 1 rings (SSSR count). The molecule has 13 heavy (non-hydrogen) atoms. The molecule has 0 bridgehead atoms. The Hall–Kier alpha value is -1.51. The van der Waals surface area contributed by atoms with Gasteiger partial charge in [-0.1, -0.05) is 0 Å². The van der Waals surface area contributed by atoms with Gasteiger partial charge in [-0.05, 0) is 32.1 Å². The number of carbonyl (C=O) groups excluding carboxylic acids is 1. The lowest BCUT2D eigenvalue weighted by Crippen LogP contribution is -2.06. The van der Waals surface area contributed by atoms with Gasteiger partial charge < -0.3 is 10.3 Å². The maximum absolute atomic E-state index is 10.5. The number of primary amides is 1. The van der Waals surface area contributed by atoms with Crippen molar-refractivity contribution < 1.29 is 4.79 Å². The minimum atomic E-state index is -0.420. The van der Waals surface area contributed by atoms with Gasteiger partial charge in [0.25, 0.3) is 0 Å². The predicted molar refractivity (Wildman–Crippen MR) is 53.0 cm³/mol. The molecule has 1 aromatic rings. The Balaban J connectivity index is 2.88. The first kappa shape index (κ1) is 9.58. The van der Waals surface area contributed by atoms with Crippen molar-refractivity contribution in [3.63, 3.8) is 0 Å². The van der Waals surface area contributed by atoms with Crippen molar-refractivity contribution >= 4 is 12.0 Å². The van der Waals surface area contributed by atoms with E-state index in [0.29, 0.717) is 6.04 Å². The second-order valence-corrected chi connectivity index (χ2v) is 3.17. The van der Waals surface area contributed by atoms with E-state index in [1.165, 1.54) is 6.08 Å². The summed E-state index contributed by atoms with van der Waals surface area (Å²) in [5, 5.41) is 0. The molecule has 0 aromatic carbocycles. The van der Waals surface area contributed by atoms with E-state index in [2.05, 4.69) is 18.4 Å². The highest BCUT2D eigenvalue weighted by atomic mass is 16.1. The second-order valence-electron chi connectivity index (χ2n) is 3.17. The fourth-order valence-corrected chi connectivity index (χ4v) is 1.19. The number of nitrogens with two attached hydrogens (primary N) is 1. The highest BCUT2D eigenvalue weighted by Crippen LogP contribution is 2.11. The summed E-state index contributed by atoms with van der Waals surface area (Å²) in [7, 11) is 0. The molecule has 0 spiro atoms. The van der Waals surface area contributed by atoms with Crippen molar-refractivity contribution in [3.8, 4) is 0 Å². The fourth-order valence-electron chi connectivity index (χ4n) is 1.19. The Bertz CT molecular complexity index is 323. The zero-order chi connectivity index (χ0) is 9.84. The van der Waals surface area contributed by atoms with Crippen LogP contribution in [-0.4, -0.2) is 10.5 Å². The van der Waals surface area contributed by atoms with Crippen LogP contribution in [0.2, 0.25) is 0 Å². The summed E-state index contributed by atoms with van der Waals surface area (Å²) in [6, 6.07) is 4.28. The molecule has 1 amide bonds. The fraction of sp³-hybridized carbons (Fsp3) is 0.300. The second kappa shape index (κ2) is 3.94. The molecule has 3 nitrogen and oxygen atoms in total. The van der Waals surface area contributed by atoms with Crippen LogP contribution in [0, 0.1) is 0 Å². The van der Waals surface area contributed by atoms with Crippen molar-refractivity contribution in [3.05, 3.63) is 30.1 Å². The van der Waals surface area contributed by atoms with Crippen LogP contribution in [0.5, 0.6) is 0 Å². The Labute approximate surface area is 77.9 Å². The van der Waals surface area contributed by atoms with Gasteiger partial charge in [-0.3, -0.25) is 4.79 Å². The van der Waals surface area contributed by atoms with Crippen molar-refractivity contribution in [1.82, 2.24) is 4.57 Å². The Morgan fingerprint density at radius 1 is 1.62 bits per heavy atom. The van der Waals surface area contributed by atoms with Crippen LogP contribution in [0.3, 0.4) is 0 Å². The van der Waals surface area contributed by atoms with Crippen LogP contribution in [0.15, 0.2) is 24.4 Å². The highest BCUT2D eigenvalue weighted by Gasteiger charge is 2.00. The van der Waals surface area contributed by atoms with Gasteiger partial charge in [0.15, 0.2) is 0 Å². The molecule has 0 unspecified atom stereocenters. The molecule has 1 heterocycles. The summed E-state index contributed by atoms with van der Waals surface area (Å²) in [5.74, 6) is -0.420. The maximum atomic E-state index is 10.5. The highest BCUT2D eigenvalue weighted by molar-refractivity contribution is 5.90. The lowest BCUT2D eigenvalue weighted by atomic mass is 10.3. The van der Waals surface area contributed by atoms with Crippen molar-refractivity contribution in [2.75, 3.05) is 0 Å². The van der Waals surface area contributed by atoms with Crippen LogP contribution in [0.25, 0.3) is 6.08 Å². The van der Waals surface area contributed by atoms with Gasteiger partial charge in [-0.25, -0.2) is 0 Å². The third-order valence-electron chi connectivity index (χ3n) is 1.79. The standard InChI is InChI=1S/C10H14N2O/c1-8(2)12-7-3-4-9(12)5-6-10(11)13/h3-8H,1-2H3,(H2,11,13)/b6-5-. The molecule has 0 saturated carbocycles. The van der Waals surface area contributed by atoms with Crippen molar-refractivity contribution in [2.45, 2.75) is 19.9 Å². The summed E-state index contributed by atoms with van der Waals surface area (Å²) in [6.45, 7) is 4.17. The molecule has 0 aliphatic carbocycles. The van der Waals surface area contributed by atoms with E-state index in [4.69, 9.17) is 5.73 Å². The molecular weight excluding hydrogens is 164 g/mol. The Morgan fingerprint density at radius 3 is 2.85 bits per heavy atom. The SMILES string of the molecule is CC(C)n1cccc1/C=C\C(N)=O. The quantitative estimate of drug-likeness (QED) is 0.702. The smallest absolute Gasteiger partial charge is 0.241 e. The van der Waals surface area contributed by atoms with Crippen LogP contribution >= 0.6 is 0 Å². The monoisotopic (exact) mass is 178 g/mol. The molecule has 70 valence electrons. The summed E-state index contributed by atoms with van der Waals surface area (Å²) in [5.41, 5.74) is 5.99. The third kappa shape index (κ3) is 2.47. The molecular formula is C10H14N2O. The summed E-state index contributed by atoms with van der Waals surface area (Å²) in [4.78, 5) is 10.5. The number of aromatic nitrogens is 1. The lowest BCUT2D eigenvalue weighted by molar-refractivity contribution is -0.113. The molecule has 0 aliphatic rings. The minimum Gasteiger partial charge on any atom is -0.366 e. The van der Waals surface area contributed by atoms with Crippen LogP contribution in [0.4, 0.5) is 0 Å². The molecule has 3 heteroatoms. The molecule has 2 N–H and O–H groups in total. The van der Waals surface area contributed by atoms with Gasteiger partial charge >= 0.3 is 0 Å². The van der Waals surface area contributed by atoms with Crippen LogP contribution in [-0.2, 0) is 4.79 Å². The van der Waals surface area contributed by atoms with Gasteiger partial charge in [0, 0.05) is 24.0 Å². The summed E-state index contributed by atoms with van der Waals surface area (Å²) in [6.07, 6.45) is 5.07. The normalized spacial score (nSPS) is 11.3. The van der Waals surface area contributed by atoms with Gasteiger partial charge in [-0.15, -0.1) is 0 Å². The molecule has 0 atom stereocenters. The first-order valence-corrected chi connectivity index (χ1v) is 4.25. The average Bonchev–Trinajstić information content (AvgIpc) is 2.47. The van der Waals surface area contributed by atoms with E-state index in [9.17, 15) is 4.79 Å². The van der Waals surface area contributed by atoms with E-state index in [1.807, 2.05) is 18.3 Å². The maximum Gasteiger partial charge on any atom is 0.241 e. The van der Waals surface area contributed by atoms with Crippen LogP contribution < -0.4 is 5.73 Å². The lowest BCUT2D eigenvalue weighted by Gasteiger charge is -2.09. The van der Waals surface area contributed by atoms with E-state index >= 15 is 0 Å². The van der Waals surface area contributed by atoms with E-state index in [1.54, 1.807) is 6.08 Å². The number of hydrogen-bond acceptors (Lipinski definition) is 1. The molecule has 1 aromatic heterocycles. The number of nitrogens with zero attached hydrogens (tertiary/aromatic N) is 1. The summed E-state index contributed by atoms with van der Waals surface area (Å²) >= 11 is 0. The van der Waals surface area contributed by atoms with Gasteiger partial charge in [0.2, 0.25) is 5.91 Å². The molecule has 0 fully saturated rings. The van der Waals surface area contributed by atoms with Gasteiger partial charge in [0.1, 0.15) is 0 Å². The first-order chi connectivity index (χ1) is 6.11. The van der Waals surface area contributed by atoms with Crippen molar-refractivity contribution in [1.29, 1.82) is 0 Å². The Kier molecular flexibility index (Phi) is 2.90. The molecule has 0 radical (unpaired) electrons. The number of hydrogen-bond donors (Lipinski definition) is 1. The number of carbonyl (C=O) groups is 1. The topological polar surface area (TPSA) is 48.0 Å². The first-order valence-electron chi connectivity index (χ1n) is 4.25. The zero-order valence-electron chi connectivity index (χ0n) is 7.90. The molecule has 0 aliphatic heterocycles. The van der Waals surface area contributed by atoms with Crippen molar-refractivity contribution in [2.24, 2.45) is 5.73 Å². The minimum absolute atomic E-state index is 0.391. The zero-order valence-corrected chi connectivity index (χ0v) is 7.90. The van der Waals surface area contributed by atoms with Gasteiger partial charge in [0.05, 0.1) is 0 Å². The Morgan fingerprint density at radius 2 is 2.31 bits per heavy atom.